The predicted molar refractivity (Wildman–Crippen MR) is 134 cm³/mol. The van der Waals surface area contributed by atoms with E-state index in [0.717, 1.165) is 17.5 Å². The summed E-state index contributed by atoms with van der Waals surface area (Å²) in [5, 5.41) is 3.59. The standard InChI is InChI=1S/C28H30ClFN2O2/c1-3-20(2)31-28(34)26(17-21-9-5-4-6-10-21)32(19-23-11-7-8-12-25(23)30)27(33)18-22-13-15-24(29)16-14-22/h4-16,20,26H,3,17-19H2,1-2H3,(H,31,34)/t20-,26+/m1/s1. The average Bonchev–Trinajstić information content (AvgIpc) is 2.84. The number of hydrogen-bond donors (Lipinski definition) is 1. The molecule has 0 saturated heterocycles. The Hall–Kier alpha value is -3.18. The lowest BCUT2D eigenvalue weighted by molar-refractivity contribution is -0.141. The van der Waals surface area contributed by atoms with Gasteiger partial charge >= 0.3 is 0 Å². The summed E-state index contributed by atoms with van der Waals surface area (Å²) >= 11 is 5.99. The lowest BCUT2D eigenvalue weighted by atomic mass is 10.0. The van der Waals surface area contributed by atoms with Crippen molar-refractivity contribution in [2.75, 3.05) is 0 Å². The molecule has 0 aromatic heterocycles. The van der Waals surface area contributed by atoms with Crippen molar-refractivity contribution in [1.29, 1.82) is 0 Å². The molecule has 3 aromatic rings. The minimum Gasteiger partial charge on any atom is -0.352 e. The Morgan fingerprint density at radius 3 is 2.24 bits per heavy atom. The van der Waals surface area contributed by atoms with E-state index in [-0.39, 0.29) is 30.8 Å². The van der Waals surface area contributed by atoms with Gasteiger partial charge in [0, 0.05) is 29.6 Å². The van der Waals surface area contributed by atoms with Crippen LogP contribution < -0.4 is 5.32 Å². The Kier molecular flexibility index (Phi) is 9.23. The van der Waals surface area contributed by atoms with Gasteiger partial charge in [-0.25, -0.2) is 4.39 Å². The van der Waals surface area contributed by atoms with Crippen molar-refractivity contribution in [2.24, 2.45) is 0 Å². The maximum absolute atomic E-state index is 14.6. The van der Waals surface area contributed by atoms with Gasteiger partial charge in [0.25, 0.3) is 0 Å². The molecule has 0 fully saturated rings. The fourth-order valence-electron chi connectivity index (χ4n) is 3.68. The van der Waals surface area contributed by atoms with Gasteiger partial charge in [-0.2, -0.15) is 0 Å². The van der Waals surface area contributed by atoms with E-state index in [1.807, 2.05) is 44.2 Å². The van der Waals surface area contributed by atoms with Gasteiger partial charge < -0.3 is 10.2 Å². The van der Waals surface area contributed by atoms with Crippen LogP contribution in [-0.4, -0.2) is 28.8 Å². The van der Waals surface area contributed by atoms with Crippen molar-refractivity contribution < 1.29 is 14.0 Å². The summed E-state index contributed by atoms with van der Waals surface area (Å²) in [7, 11) is 0. The molecule has 178 valence electrons. The molecule has 0 aliphatic rings. The molecule has 0 aliphatic carbocycles. The number of benzene rings is 3. The van der Waals surface area contributed by atoms with Crippen molar-refractivity contribution in [3.8, 4) is 0 Å². The van der Waals surface area contributed by atoms with E-state index in [0.29, 0.717) is 17.0 Å². The molecule has 2 atom stereocenters. The molecule has 6 heteroatoms. The molecule has 0 saturated carbocycles. The van der Waals surface area contributed by atoms with Crippen LogP contribution in [0.25, 0.3) is 0 Å². The highest BCUT2D eigenvalue weighted by atomic mass is 35.5. The van der Waals surface area contributed by atoms with Gasteiger partial charge in [0.05, 0.1) is 6.42 Å². The molecule has 0 heterocycles. The zero-order valence-corrected chi connectivity index (χ0v) is 20.3. The highest BCUT2D eigenvalue weighted by Gasteiger charge is 2.31. The highest BCUT2D eigenvalue weighted by Crippen LogP contribution is 2.19. The van der Waals surface area contributed by atoms with E-state index in [2.05, 4.69) is 5.32 Å². The van der Waals surface area contributed by atoms with Crippen molar-refractivity contribution in [3.05, 3.63) is 106 Å². The van der Waals surface area contributed by atoms with E-state index in [4.69, 9.17) is 11.6 Å². The number of nitrogens with zero attached hydrogens (tertiary/aromatic N) is 1. The number of hydrogen-bond acceptors (Lipinski definition) is 2. The lowest BCUT2D eigenvalue weighted by Gasteiger charge is -2.32. The maximum Gasteiger partial charge on any atom is 0.243 e. The van der Waals surface area contributed by atoms with Crippen LogP contribution in [0.5, 0.6) is 0 Å². The zero-order chi connectivity index (χ0) is 24.5. The number of halogens is 2. The van der Waals surface area contributed by atoms with Gasteiger partial charge in [-0.3, -0.25) is 9.59 Å². The van der Waals surface area contributed by atoms with E-state index >= 15 is 0 Å². The maximum atomic E-state index is 14.6. The molecule has 0 aliphatic heterocycles. The SMILES string of the molecule is CC[C@@H](C)NC(=O)[C@H](Cc1ccccc1)N(Cc1ccccc1F)C(=O)Cc1ccc(Cl)cc1. The summed E-state index contributed by atoms with van der Waals surface area (Å²) in [6.45, 7) is 3.90. The van der Waals surface area contributed by atoms with Gasteiger partial charge in [-0.05, 0) is 42.7 Å². The van der Waals surface area contributed by atoms with Crippen LogP contribution in [0, 0.1) is 5.82 Å². The fourth-order valence-corrected chi connectivity index (χ4v) is 3.81. The number of nitrogens with one attached hydrogen (secondary N) is 1. The molecule has 0 spiro atoms. The van der Waals surface area contributed by atoms with Crippen LogP contribution in [0.4, 0.5) is 4.39 Å². The molecule has 4 nitrogen and oxygen atoms in total. The van der Waals surface area contributed by atoms with Gasteiger partial charge in [0.1, 0.15) is 11.9 Å². The highest BCUT2D eigenvalue weighted by molar-refractivity contribution is 6.30. The second kappa shape index (κ2) is 12.3. The monoisotopic (exact) mass is 480 g/mol. The largest absolute Gasteiger partial charge is 0.352 e. The Balaban J connectivity index is 1.97. The minimum atomic E-state index is -0.796. The van der Waals surface area contributed by atoms with Crippen LogP contribution in [0.3, 0.4) is 0 Å². The molecule has 0 unspecified atom stereocenters. The number of carbonyl (C=O) groups excluding carboxylic acids is 2. The summed E-state index contributed by atoms with van der Waals surface area (Å²) in [4.78, 5) is 28.5. The van der Waals surface area contributed by atoms with Crippen LogP contribution in [-0.2, 0) is 29.0 Å². The van der Waals surface area contributed by atoms with E-state index in [9.17, 15) is 14.0 Å². The zero-order valence-electron chi connectivity index (χ0n) is 19.5. The normalized spacial score (nSPS) is 12.6. The van der Waals surface area contributed by atoms with Crippen molar-refractivity contribution in [2.45, 2.75) is 51.7 Å². The lowest BCUT2D eigenvalue weighted by Crippen LogP contribution is -2.52. The van der Waals surface area contributed by atoms with E-state index in [1.54, 1.807) is 42.5 Å². The van der Waals surface area contributed by atoms with Crippen LogP contribution in [0.2, 0.25) is 5.02 Å². The van der Waals surface area contributed by atoms with Gasteiger partial charge in [-0.15, -0.1) is 0 Å². The van der Waals surface area contributed by atoms with Crippen LogP contribution >= 0.6 is 11.6 Å². The summed E-state index contributed by atoms with van der Waals surface area (Å²) in [6.07, 6.45) is 1.16. The molecular formula is C28H30ClFN2O2. The van der Waals surface area contributed by atoms with Crippen molar-refractivity contribution >= 4 is 23.4 Å². The topological polar surface area (TPSA) is 49.4 Å². The first-order chi connectivity index (χ1) is 16.4. The number of rotatable bonds is 10. The smallest absolute Gasteiger partial charge is 0.243 e. The second-order valence-electron chi connectivity index (χ2n) is 8.44. The molecular weight excluding hydrogens is 451 g/mol. The quantitative estimate of drug-likeness (QED) is 0.412. The Bertz CT molecular complexity index is 1090. The third-order valence-corrected chi connectivity index (χ3v) is 6.09. The Labute approximate surface area is 205 Å². The molecule has 3 aromatic carbocycles. The fraction of sp³-hybridized carbons (Fsp3) is 0.286. The molecule has 34 heavy (non-hydrogen) atoms. The molecule has 0 radical (unpaired) electrons. The van der Waals surface area contributed by atoms with E-state index in [1.165, 1.54) is 11.0 Å². The first kappa shape index (κ1) is 25.4. The second-order valence-corrected chi connectivity index (χ2v) is 8.88. The third-order valence-electron chi connectivity index (χ3n) is 5.84. The summed E-state index contributed by atoms with van der Waals surface area (Å²) in [5.74, 6) is -0.919. The molecule has 0 bridgehead atoms. The summed E-state index contributed by atoms with van der Waals surface area (Å²) < 4.78 is 14.6. The van der Waals surface area contributed by atoms with Gasteiger partial charge in [0.15, 0.2) is 0 Å². The van der Waals surface area contributed by atoms with Crippen molar-refractivity contribution in [1.82, 2.24) is 10.2 Å². The average molecular weight is 481 g/mol. The van der Waals surface area contributed by atoms with Gasteiger partial charge in [-0.1, -0.05) is 79.2 Å². The van der Waals surface area contributed by atoms with E-state index < -0.39 is 11.9 Å². The first-order valence-corrected chi connectivity index (χ1v) is 11.9. The molecule has 3 rings (SSSR count). The Morgan fingerprint density at radius 2 is 1.59 bits per heavy atom. The third kappa shape index (κ3) is 7.16. The summed E-state index contributed by atoms with van der Waals surface area (Å²) in [6, 6.07) is 22.1. The number of amides is 2. The van der Waals surface area contributed by atoms with Crippen LogP contribution in [0.15, 0.2) is 78.9 Å². The van der Waals surface area contributed by atoms with Crippen molar-refractivity contribution in [3.63, 3.8) is 0 Å². The first-order valence-electron chi connectivity index (χ1n) is 11.5. The van der Waals surface area contributed by atoms with Gasteiger partial charge in [0.2, 0.25) is 11.8 Å². The number of carbonyl (C=O) groups is 2. The molecule has 1 N–H and O–H groups in total. The molecule has 2 amide bonds. The van der Waals surface area contributed by atoms with Crippen LogP contribution in [0.1, 0.15) is 37.0 Å². The predicted octanol–water partition coefficient (Wildman–Crippen LogP) is 5.58. The Morgan fingerprint density at radius 1 is 0.941 bits per heavy atom. The minimum absolute atomic E-state index is 0.00940. The summed E-state index contributed by atoms with van der Waals surface area (Å²) in [5.41, 5.74) is 2.06.